The lowest BCUT2D eigenvalue weighted by Gasteiger charge is -2.12. The monoisotopic (exact) mass is 394 g/mol. The highest BCUT2D eigenvalue weighted by atomic mass is 35.5. The van der Waals surface area contributed by atoms with Gasteiger partial charge in [0.05, 0.1) is 10.7 Å². The molecule has 2 N–H and O–H groups in total. The first kappa shape index (κ1) is 19.5. The molecule has 0 spiro atoms. The lowest BCUT2D eigenvalue weighted by molar-refractivity contribution is 0.0945. The molecule has 0 aliphatic carbocycles. The average Bonchev–Trinajstić information content (AvgIpc) is 2.69. The minimum Gasteiger partial charge on any atom is -0.347 e. The average molecular weight is 395 g/mol. The fourth-order valence-electron chi connectivity index (χ4n) is 2.71. The number of benzene rings is 1. The number of pyridine rings is 2. The summed E-state index contributed by atoms with van der Waals surface area (Å²) in [6.45, 7) is 4.14. The Balaban J connectivity index is 1.72. The zero-order valence-corrected chi connectivity index (χ0v) is 16.2. The van der Waals surface area contributed by atoms with E-state index in [9.17, 15) is 9.59 Å². The van der Waals surface area contributed by atoms with Crippen LogP contribution in [0.25, 0.3) is 0 Å². The van der Waals surface area contributed by atoms with Gasteiger partial charge in [-0.05, 0) is 60.9 Å². The number of anilines is 1. The summed E-state index contributed by atoms with van der Waals surface area (Å²) in [6.07, 6.45) is 3.31. The summed E-state index contributed by atoms with van der Waals surface area (Å²) in [5.41, 5.74) is 3.60. The van der Waals surface area contributed by atoms with Crippen LogP contribution in [-0.2, 0) is 6.54 Å². The van der Waals surface area contributed by atoms with Crippen LogP contribution in [0, 0.1) is 13.8 Å². The summed E-state index contributed by atoms with van der Waals surface area (Å²) in [6, 6.07) is 12.1. The number of aromatic nitrogens is 2. The second-order valence-electron chi connectivity index (χ2n) is 6.34. The lowest BCUT2D eigenvalue weighted by atomic mass is 10.1. The van der Waals surface area contributed by atoms with E-state index in [-0.39, 0.29) is 17.3 Å². The van der Waals surface area contributed by atoms with Crippen molar-refractivity contribution in [2.24, 2.45) is 0 Å². The Hall–Kier alpha value is -3.25. The Kier molecular flexibility index (Phi) is 6.01. The summed E-state index contributed by atoms with van der Waals surface area (Å²) >= 11 is 6.24. The summed E-state index contributed by atoms with van der Waals surface area (Å²) < 4.78 is 0. The number of carbonyl (C=O) groups is 2. The molecule has 2 heterocycles. The summed E-state index contributed by atoms with van der Waals surface area (Å²) in [5.74, 6) is -0.798. The number of hydrogen-bond donors (Lipinski definition) is 2. The van der Waals surface area contributed by atoms with Gasteiger partial charge in [-0.2, -0.15) is 0 Å². The predicted molar refractivity (Wildman–Crippen MR) is 109 cm³/mol. The zero-order valence-electron chi connectivity index (χ0n) is 15.5. The van der Waals surface area contributed by atoms with E-state index in [0.29, 0.717) is 17.3 Å². The molecule has 3 aromatic rings. The molecule has 142 valence electrons. The Labute approximate surface area is 168 Å². The second-order valence-corrected chi connectivity index (χ2v) is 6.75. The molecule has 2 amide bonds. The number of carbonyl (C=O) groups excluding carboxylic acids is 2. The fraction of sp³-hybridized carbons (Fsp3) is 0.143. The van der Waals surface area contributed by atoms with E-state index >= 15 is 0 Å². The van der Waals surface area contributed by atoms with Crippen LogP contribution in [0.3, 0.4) is 0 Å². The van der Waals surface area contributed by atoms with Crippen molar-refractivity contribution in [3.63, 3.8) is 0 Å². The van der Waals surface area contributed by atoms with Crippen LogP contribution >= 0.6 is 11.6 Å². The molecule has 3 rings (SSSR count). The molecule has 0 fully saturated rings. The normalized spacial score (nSPS) is 10.4. The van der Waals surface area contributed by atoms with Crippen LogP contribution in [0.5, 0.6) is 0 Å². The Morgan fingerprint density at radius 3 is 2.36 bits per heavy atom. The minimum absolute atomic E-state index is 0.132. The fourth-order valence-corrected chi connectivity index (χ4v) is 3.08. The first-order chi connectivity index (χ1) is 13.4. The Bertz CT molecular complexity index is 999. The topological polar surface area (TPSA) is 84.0 Å². The first-order valence-electron chi connectivity index (χ1n) is 8.66. The molecular formula is C21H19ClN4O2. The van der Waals surface area contributed by atoms with Crippen molar-refractivity contribution < 1.29 is 9.59 Å². The molecule has 0 bridgehead atoms. The van der Waals surface area contributed by atoms with Gasteiger partial charge >= 0.3 is 0 Å². The maximum absolute atomic E-state index is 12.6. The highest BCUT2D eigenvalue weighted by Crippen LogP contribution is 2.27. The van der Waals surface area contributed by atoms with Crippen LogP contribution in [0.4, 0.5) is 5.69 Å². The molecule has 1 aromatic carbocycles. The standard InChI is InChI=1S/C21H19ClN4O2/c1-13-10-14(2)19(16(22)11-13)26-21(28)18-5-3-4-17(25-18)20(27)24-12-15-6-8-23-9-7-15/h3-11H,12H2,1-2H3,(H,24,27)(H,26,28). The van der Waals surface area contributed by atoms with Gasteiger partial charge in [-0.15, -0.1) is 0 Å². The van der Waals surface area contributed by atoms with Crippen molar-refractivity contribution in [3.05, 3.63) is 88.0 Å². The quantitative estimate of drug-likeness (QED) is 0.686. The molecule has 0 atom stereocenters. The molecule has 0 saturated carbocycles. The predicted octanol–water partition coefficient (Wildman–Crippen LogP) is 3.93. The molecule has 0 aliphatic heterocycles. The number of hydrogen-bond acceptors (Lipinski definition) is 4. The maximum atomic E-state index is 12.6. The largest absolute Gasteiger partial charge is 0.347 e. The smallest absolute Gasteiger partial charge is 0.274 e. The SMILES string of the molecule is Cc1cc(C)c(NC(=O)c2cccc(C(=O)NCc3ccncc3)n2)c(Cl)c1. The van der Waals surface area contributed by atoms with E-state index in [4.69, 9.17) is 11.6 Å². The number of nitrogens with zero attached hydrogens (tertiary/aromatic N) is 2. The molecular weight excluding hydrogens is 376 g/mol. The van der Waals surface area contributed by atoms with E-state index in [1.165, 1.54) is 0 Å². The van der Waals surface area contributed by atoms with Crippen LogP contribution < -0.4 is 10.6 Å². The van der Waals surface area contributed by atoms with E-state index in [1.807, 2.05) is 32.0 Å². The number of aryl methyl sites for hydroxylation is 2. The minimum atomic E-state index is -0.433. The van der Waals surface area contributed by atoms with Gasteiger partial charge in [-0.1, -0.05) is 23.7 Å². The number of nitrogens with one attached hydrogen (secondary N) is 2. The number of rotatable bonds is 5. The van der Waals surface area contributed by atoms with Crippen LogP contribution in [-0.4, -0.2) is 21.8 Å². The lowest BCUT2D eigenvalue weighted by Crippen LogP contribution is -2.25. The number of amides is 2. The summed E-state index contributed by atoms with van der Waals surface area (Å²) in [5, 5.41) is 6.00. The van der Waals surface area contributed by atoms with Gasteiger partial charge in [0.15, 0.2) is 0 Å². The van der Waals surface area contributed by atoms with Gasteiger partial charge in [0.25, 0.3) is 11.8 Å². The van der Waals surface area contributed by atoms with Crippen molar-refractivity contribution in [2.45, 2.75) is 20.4 Å². The first-order valence-corrected chi connectivity index (χ1v) is 9.04. The Morgan fingerprint density at radius 2 is 1.68 bits per heavy atom. The third-order valence-corrected chi connectivity index (χ3v) is 4.39. The number of halogens is 1. The van der Waals surface area contributed by atoms with Crippen molar-refractivity contribution in [2.75, 3.05) is 5.32 Å². The van der Waals surface area contributed by atoms with Gasteiger partial charge in [0, 0.05) is 18.9 Å². The molecule has 0 radical (unpaired) electrons. The molecule has 6 nitrogen and oxygen atoms in total. The summed E-state index contributed by atoms with van der Waals surface area (Å²) in [4.78, 5) is 33.1. The maximum Gasteiger partial charge on any atom is 0.274 e. The molecule has 0 saturated heterocycles. The molecule has 0 unspecified atom stereocenters. The van der Waals surface area contributed by atoms with E-state index < -0.39 is 5.91 Å². The third kappa shape index (κ3) is 4.72. The van der Waals surface area contributed by atoms with Crippen LogP contribution in [0.15, 0.2) is 54.9 Å². The van der Waals surface area contributed by atoms with Crippen molar-refractivity contribution in [3.8, 4) is 0 Å². The molecule has 2 aromatic heterocycles. The van der Waals surface area contributed by atoms with E-state index in [2.05, 4.69) is 20.6 Å². The zero-order chi connectivity index (χ0) is 20.1. The van der Waals surface area contributed by atoms with Gasteiger partial charge in [0.2, 0.25) is 0 Å². The van der Waals surface area contributed by atoms with Crippen molar-refractivity contribution in [1.29, 1.82) is 0 Å². The van der Waals surface area contributed by atoms with Crippen LogP contribution in [0.1, 0.15) is 37.7 Å². The van der Waals surface area contributed by atoms with Gasteiger partial charge in [-0.25, -0.2) is 4.98 Å². The highest BCUT2D eigenvalue weighted by molar-refractivity contribution is 6.34. The highest BCUT2D eigenvalue weighted by Gasteiger charge is 2.15. The van der Waals surface area contributed by atoms with Gasteiger partial charge < -0.3 is 10.6 Å². The van der Waals surface area contributed by atoms with E-state index in [1.54, 1.807) is 36.7 Å². The molecule has 28 heavy (non-hydrogen) atoms. The van der Waals surface area contributed by atoms with Crippen molar-refractivity contribution >= 4 is 29.1 Å². The van der Waals surface area contributed by atoms with Gasteiger partial charge in [0.1, 0.15) is 11.4 Å². The van der Waals surface area contributed by atoms with Crippen LogP contribution in [0.2, 0.25) is 5.02 Å². The van der Waals surface area contributed by atoms with E-state index in [0.717, 1.165) is 16.7 Å². The second kappa shape index (κ2) is 8.63. The summed E-state index contributed by atoms with van der Waals surface area (Å²) in [7, 11) is 0. The van der Waals surface area contributed by atoms with Gasteiger partial charge in [-0.3, -0.25) is 14.6 Å². The Morgan fingerprint density at radius 1 is 1.00 bits per heavy atom. The third-order valence-electron chi connectivity index (χ3n) is 4.09. The van der Waals surface area contributed by atoms with Crippen molar-refractivity contribution in [1.82, 2.24) is 15.3 Å². The molecule has 0 aliphatic rings. The molecule has 7 heteroatoms.